The van der Waals surface area contributed by atoms with Crippen molar-refractivity contribution in [1.29, 1.82) is 0 Å². The van der Waals surface area contributed by atoms with Crippen molar-refractivity contribution in [2.75, 3.05) is 13.7 Å². The van der Waals surface area contributed by atoms with Crippen molar-refractivity contribution in [3.05, 3.63) is 29.6 Å². The van der Waals surface area contributed by atoms with E-state index in [9.17, 15) is 9.18 Å². The van der Waals surface area contributed by atoms with Gasteiger partial charge in [-0.05, 0) is 19.1 Å². The number of hydrogen-bond acceptors (Lipinski definition) is 4. The maximum Gasteiger partial charge on any atom is 0.307 e. The summed E-state index contributed by atoms with van der Waals surface area (Å²) in [4.78, 5) is 11.3. The molecule has 1 atom stereocenters. The number of nitrogens with two attached hydrogens (primary N) is 1. The summed E-state index contributed by atoms with van der Waals surface area (Å²) in [5.41, 5.74) is 5.98. The van der Waals surface area contributed by atoms with E-state index in [2.05, 4.69) is 0 Å². The molecule has 0 spiro atoms. The van der Waals surface area contributed by atoms with Gasteiger partial charge in [0.15, 0.2) is 0 Å². The van der Waals surface area contributed by atoms with E-state index >= 15 is 0 Å². The number of methoxy groups -OCH3 is 1. The second-order valence-electron chi connectivity index (χ2n) is 3.47. The fraction of sp³-hybridized carbons (Fsp3) is 0.417. The summed E-state index contributed by atoms with van der Waals surface area (Å²) in [5.74, 6) is -0.603. The molecular formula is C12H17ClFNO3. The highest BCUT2D eigenvalue weighted by Crippen LogP contribution is 2.28. The quantitative estimate of drug-likeness (QED) is 0.838. The molecule has 0 unspecified atom stereocenters. The first-order valence-corrected chi connectivity index (χ1v) is 5.33. The van der Waals surface area contributed by atoms with Crippen molar-refractivity contribution in [2.24, 2.45) is 5.73 Å². The highest BCUT2D eigenvalue weighted by molar-refractivity contribution is 5.85. The highest BCUT2D eigenvalue weighted by atomic mass is 35.5. The van der Waals surface area contributed by atoms with E-state index in [0.717, 1.165) is 0 Å². The standard InChI is InChI=1S/C12H16FNO3.ClH/c1-3-17-11(15)7-9(14)12-8(13)5-4-6-10(12)16-2;/h4-6,9H,3,7,14H2,1-2H3;1H/t9-;/m0./s1. The van der Waals surface area contributed by atoms with Crippen LogP contribution in [0.5, 0.6) is 5.75 Å². The largest absolute Gasteiger partial charge is 0.496 e. The predicted molar refractivity (Wildman–Crippen MR) is 68.4 cm³/mol. The molecule has 0 amide bonds. The summed E-state index contributed by atoms with van der Waals surface area (Å²) in [6.45, 7) is 1.98. The van der Waals surface area contributed by atoms with Crippen LogP contribution in [0.1, 0.15) is 24.9 Å². The second kappa shape index (κ2) is 7.89. The molecule has 4 nitrogen and oxygen atoms in total. The lowest BCUT2D eigenvalue weighted by molar-refractivity contribution is -0.143. The molecule has 0 aromatic heterocycles. The summed E-state index contributed by atoms with van der Waals surface area (Å²) in [5, 5.41) is 0. The van der Waals surface area contributed by atoms with Crippen molar-refractivity contribution in [2.45, 2.75) is 19.4 Å². The van der Waals surface area contributed by atoms with Crippen LogP contribution in [-0.2, 0) is 9.53 Å². The molecule has 18 heavy (non-hydrogen) atoms. The molecule has 0 fully saturated rings. The minimum atomic E-state index is -0.773. The van der Waals surface area contributed by atoms with Crippen LogP contribution in [0.2, 0.25) is 0 Å². The number of benzene rings is 1. The fourth-order valence-corrected chi connectivity index (χ4v) is 1.56. The molecule has 0 saturated carbocycles. The summed E-state index contributed by atoms with van der Waals surface area (Å²) in [6.07, 6.45) is -0.0782. The first kappa shape index (κ1) is 16.7. The van der Waals surface area contributed by atoms with Crippen LogP contribution in [-0.4, -0.2) is 19.7 Å². The molecule has 0 aliphatic heterocycles. The number of carbonyl (C=O) groups is 1. The average Bonchev–Trinajstić information content (AvgIpc) is 2.28. The lowest BCUT2D eigenvalue weighted by atomic mass is 10.0. The van der Waals surface area contributed by atoms with Crippen LogP contribution in [0.25, 0.3) is 0 Å². The van der Waals surface area contributed by atoms with Gasteiger partial charge in [0.25, 0.3) is 0 Å². The van der Waals surface area contributed by atoms with E-state index in [1.54, 1.807) is 13.0 Å². The highest BCUT2D eigenvalue weighted by Gasteiger charge is 2.20. The van der Waals surface area contributed by atoms with Gasteiger partial charge in [0.05, 0.1) is 20.1 Å². The minimum absolute atomic E-state index is 0. The Bertz CT molecular complexity index is 401. The third kappa shape index (κ3) is 4.16. The Balaban J connectivity index is 0.00000289. The first-order valence-electron chi connectivity index (χ1n) is 5.33. The normalized spacial score (nSPS) is 11.3. The summed E-state index contributed by atoms with van der Waals surface area (Å²) >= 11 is 0. The van der Waals surface area contributed by atoms with Crippen molar-refractivity contribution in [3.8, 4) is 5.75 Å². The van der Waals surface area contributed by atoms with Crippen LogP contribution in [0.3, 0.4) is 0 Å². The Morgan fingerprint density at radius 1 is 1.50 bits per heavy atom. The van der Waals surface area contributed by atoms with Crippen LogP contribution < -0.4 is 10.5 Å². The van der Waals surface area contributed by atoms with Gasteiger partial charge >= 0.3 is 5.97 Å². The van der Waals surface area contributed by atoms with Gasteiger partial charge < -0.3 is 15.2 Å². The zero-order valence-corrected chi connectivity index (χ0v) is 11.1. The maximum atomic E-state index is 13.6. The third-order valence-electron chi connectivity index (χ3n) is 2.30. The second-order valence-corrected chi connectivity index (χ2v) is 3.47. The molecule has 102 valence electrons. The van der Waals surface area contributed by atoms with Crippen molar-refractivity contribution >= 4 is 18.4 Å². The molecule has 0 saturated heterocycles. The number of rotatable bonds is 5. The van der Waals surface area contributed by atoms with Gasteiger partial charge in [0.1, 0.15) is 11.6 Å². The van der Waals surface area contributed by atoms with Gasteiger partial charge in [0, 0.05) is 11.6 Å². The molecule has 1 rings (SSSR count). The molecule has 0 bridgehead atoms. The molecule has 0 aliphatic rings. The number of esters is 1. The molecule has 0 radical (unpaired) electrons. The lowest BCUT2D eigenvalue weighted by Crippen LogP contribution is -2.19. The van der Waals surface area contributed by atoms with Crippen LogP contribution in [0, 0.1) is 5.82 Å². The van der Waals surface area contributed by atoms with Crippen molar-refractivity contribution < 1.29 is 18.7 Å². The fourth-order valence-electron chi connectivity index (χ4n) is 1.56. The Kier molecular flexibility index (Phi) is 7.31. The topological polar surface area (TPSA) is 61.5 Å². The van der Waals surface area contributed by atoms with E-state index in [1.807, 2.05) is 0 Å². The van der Waals surface area contributed by atoms with E-state index in [1.165, 1.54) is 19.2 Å². The number of halogens is 2. The molecule has 0 heterocycles. The Hall–Kier alpha value is -1.33. The molecule has 6 heteroatoms. The van der Waals surface area contributed by atoms with Gasteiger partial charge in [-0.25, -0.2) is 4.39 Å². The Morgan fingerprint density at radius 3 is 2.72 bits per heavy atom. The summed E-state index contributed by atoms with van der Waals surface area (Å²) < 4.78 is 23.4. The first-order chi connectivity index (χ1) is 8.10. The van der Waals surface area contributed by atoms with E-state index in [0.29, 0.717) is 5.75 Å². The van der Waals surface area contributed by atoms with E-state index in [4.69, 9.17) is 15.2 Å². The van der Waals surface area contributed by atoms with Gasteiger partial charge in [0.2, 0.25) is 0 Å². The Morgan fingerprint density at radius 2 is 2.17 bits per heavy atom. The summed E-state index contributed by atoms with van der Waals surface area (Å²) in [7, 11) is 1.43. The van der Waals surface area contributed by atoms with Crippen molar-refractivity contribution in [3.63, 3.8) is 0 Å². The minimum Gasteiger partial charge on any atom is -0.496 e. The van der Waals surface area contributed by atoms with Crippen LogP contribution in [0.15, 0.2) is 18.2 Å². The van der Waals surface area contributed by atoms with E-state index in [-0.39, 0.29) is 31.0 Å². The zero-order valence-electron chi connectivity index (χ0n) is 10.3. The van der Waals surface area contributed by atoms with Crippen LogP contribution >= 0.6 is 12.4 Å². The van der Waals surface area contributed by atoms with Gasteiger partial charge in [-0.1, -0.05) is 6.07 Å². The van der Waals surface area contributed by atoms with Gasteiger partial charge in [-0.15, -0.1) is 12.4 Å². The smallest absolute Gasteiger partial charge is 0.307 e. The SMILES string of the molecule is CCOC(=O)C[C@H](N)c1c(F)cccc1OC.Cl. The molecule has 2 N–H and O–H groups in total. The van der Waals surface area contributed by atoms with Crippen molar-refractivity contribution in [1.82, 2.24) is 0 Å². The average molecular weight is 278 g/mol. The van der Waals surface area contributed by atoms with Crippen LogP contribution in [0.4, 0.5) is 4.39 Å². The number of carbonyl (C=O) groups excluding carboxylic acids is 1. The third-order valence-corrected chi connectivity index (χ3v) is 2.30. The Labute approximate surface area is 112 Å². The molecular weight excluding hydrogens is 261 g/mol. The molecule has 1 aromatic carbocycles. The van der Waals surface area contributed by atoms with Gasteiger partial charge in [-0.3, -0.25) is 4.79 Å². The lowest BCUT2D eigenvalue weighted by Gasteiger charge is -2.15. The number of ether oxygens (including phenoxy) is 2. The maximum absolute atomic E-state index is 13.6. The zero-order chi connectivity index (χ0) is 12.8. The predicted octanol–water partition coefficient (Wildman–Crippen LogP) is 2.21. The molecule has 0 aliphatic carbocycles. The van der Waals surface area contributed by atoms with E-state index < -0.39 is 17.8 Å². The monoisotopic (exact) mass is 277 g/mol. The summed E-state index contributed by atoms with van der Waals surface area (Å²) in [6, 6.07) is 3.63. The number of hydrogen-bond donors (Lipinski definition) is 1. The van der Waals surface area contributed by atoms with Gasteiger partial charge in [-0.2, -0.15) is 0 Å². The molecule has 1 aromatic rings.